The highest BCUT2D eigenvalue weighted by molar-refractivity contribution is 5.46. The van der Waals surface area contributed by atoms with Crippen molar-refractivity contribution in [1.82, 2.24) is 0 Å². The molecule has 0 aliphatic heterocycles. The average Bonchev–Trinajstić information content (AvgIpc) is 2.15. The van der Waals surface area contributed by atoms with E-state index in [-0.39, 0.29) is 0 Å². The first-order valence-electron chi connectivity index (χ1n) is 4.36. The maximum absolute atomic E-state index is 9.47. The molecule has 0 amide bonds. The average molecular weight is 177 g/mol. The quantitative estimate of drug-likeness (QED) is 0.562. The molecule has 0 aliphatic rings. The van der Waals surface area contributed by atoms with Crippen LogP contribution >= 0.6 is 0 Å². The monoisotopic (exact) mass is 177 g/mol. The highest BCUT2D eigenvalue weighted by atomic mass is 16.3. The van der Waals surface area contributed by atoms with Crippen LogP contribution in [0, 0.1) is 0 Å². The maximum atomic E-state index is 9.47. The van der Waals surface area contributed by atoms with Gasteiger partial charge in [-0.15, -0.1) is 6.58 Å². The summed E-state index contributed by atoms with van der Waals surface area (Å²) in [7, 11) is 0. The maximum Gasteiger partial charge on any atom is 0.124 e. The molecule has 1 N–H and O–H groups in total. The summed E-state index contributed by atoms with van der Waals surface area (Å²) in [6.07, 6.45) is 1.29. The van der Waals surface area contributed by atoms with Gasteiger partial charge >= 0.3 is 0 Å². The van der Waals surface area contributed by atoms with Crippen molar-refractivity contribution in [2.75, 3.05) is 11.4 Å². The van der Waals surface area contributed by atoms with Crippen LogP contribution in [-0.2, 0) is 0 Å². The molecule has 1 aromatic carbocycles. The fourth-order valence-corrected chi connectivity index (χ4v) is 1.23. The van der Waals surface area contributed by atoms with Crippen molar-refractivity contribution in [2.45, 2.75) is 13.2 Å². The molecule has 1 unspecified atom stereocenters. The van der Waals surface area contributed by atoms with Crippen LogP contribution in [0.15, 0.2) is 43.0 Å². The third-order valence-electron chi connectivity index (χ3n) is 1.86. The van der Waals surface area contributed by atoms with Crippen LogP contribution in [0.25, 0.3) is 0 Å². The smallest absolute Gasteiger partial charge is 0.124 e. The van der Waals surface area contributed by atoms with Gasteiger partial charge in [0, 0.05) is 12.2 Å². The number of benzene rings is 1. The Kier molecular flexibility index (Phi) is 3.53. The Balaban J connectivity index is 2.82. The molecule has 0 heterocycles. The Hall–Kier alpha value is -1.28. The van der Waals surface area contributed by atoms with Gasteiger partial charge in [0.15, 0.2) is 0 Å². The van der Waals surface area contributed by atoms with E-state index >= 15 is 0 Å². The summed E-state index contributed by atoms with van der Waals surface area (Å²) in [6.45, 7) is 6.06. The van der Waals surface area contributed by atoms with Gasteiger partial charge < -0.3 is 10.0 Å². The number of para-hydroxylation sites is 1. The molecule has 2 nitrogen and oxygen atoms in total. The van der Waals surface area contributed by atoms with Crippen LogP contribution in [0.3, 0.4) is 0 Å². The summed E-state index contributed by atoms with van der Waals surface area (Å²) in [4.78, 5) is 1.87. The molecule has 2 heteroatoms. The highest BCUT2D eigenvalue weighted by Gasteiger charge is 2.08. The van der Waals surface area contributed by atoms with Crippen molar-refractivity contribution < 1.29 is 5.11 Å². The lowest BCUT2D eigenvalue weighted by Crippen LogP contribution is -2.32. The molecular formula is C11H15NO. The van der Waals surface area contributed by atoms with Gasteiger partial charge in [-0.25, -0.2) is 0 Å². The first kappa shape index (κ1) is 9.81. The summed E-state index contributed by atoms with van der Waals surface area (Å²) < 4.78 is 0. The molecular weight excluding hydrogens is 162 g/mol. The first-order valence-corrected chi connectivity index (χ1v) is 4.36. The second-order valence-electron chi connectivity index (χ2n) is 2.91. The van der Waals surface area contributed by atoms with Gasteiger partial charge in [-0.05, 0) is 19.1 Å². The molecule has 0 spiro atoms. The zero-order chi connectivity index (χ0) is 9.68. The van der Waals surface area contributed by atoms with Gasteiger partial charge in [0.2, 0.25) is 0 Å². The lowest BCUT2D eigenvalue weighted by molar-refractivity contribution is 0.191. The van der Waals surface area contributed by atoms with Crippen molar-refractivity contribution in [3.63, 3.8) is 0 Å². The minimum Gasteiger partial charge on any atom is -0.374 e. The lowest BCUT2D eigenvalue weighted by atomic mass is 10.3. The molecule has 0 radical (unpaired) electrons. The molecule has 1 rings (SSSR count). The Morgan fingerprint density at radius 2 is 2.08 bits per heavy atom. The van der Waals surface area contributed by atoms with E-state index < -0.39 is 6.23 Å². The van der Waals surface area contributed by atoms with Gasteiger partial charge in [0.25, 0.3) is 0 Å². The van der Waals surface area contributed by atoms with Crippen LogP contribution in [0.1, 0.15) is 6.92 Å². The summed E-state index contributed by atoms with van der Waals surface area (Å²) in [5.74, 6) is 0. The van der Waals surface area contributed by atoms with Crippen molar-refractivity contribution in [1.29, 1.82) is 0 Å². The zero-order valence-electron chi connectivity index (χ0n) is 7.85. The van der Waals surface area contributed by atoms with Crippen LogP contribution in [-0.4, -0.2) is 17.9 Å². The third-order valence-corrected chi connectivity index (χ3v) is 1.86. The van der Waals surface area contributed by atoms with E-state index in [0.717, 1.165) is 5.69 Å². The summed E-state index contributed by atoms with van der Waals surface area (Å²) in [5.41, 5.74) is 1.01. The van der Waals surface area contributed by atoms with Crippen molar-refractivity contribution in [2.24, 2.45) is 0 Å². The van der Waals surface area contributed by atoms with Gasteiger partial charge in [-0.2, -0.15) is 0 Å². The number of nitrogens with zero attached hydrogens (tertiary/aromatic N) is 1. The molecule has 0 fully saturated rings. The zero-order valence-corrected chi connectivity index (χ0v) is 7.85. The Morgan fingerprint density at radius 1 is 1.46 bits per heavy atom. The van der Waals surface area contributed by atoms with E-state index in [1.54, 1.807) is 13.0 Å². The molecule has 1 atom stereocenters. The van der Waals surface area contributed by atoms with Gasteiger partial charge in [-0.3, -0.25) is 0 Å². The number of hydrogen-bond donors (Lipinski definition) is 1. The van der Waals surface area contributed by atoms with Crippen LogP contribution in [0.2, 0.25) is 0 Å². The standard InChI is InChI=1S/C11H15NO/c1-3-9-12(10(2)13)11-7-5-4-6-8-11/h3-8,10,13H,1,9H2,2H3. The van der Waals surface area contributed by atoms with Crippen molar-refractivity contribution >= 4 is 5.69 Å². The van der Waals surface area contributed by atoms with Gasteiger partial charge in [-0.1, -0.05) is 24.3 Å². The summed E-state index contributed by atoms with van der Waals surface area (Å²) >= 11 is 0. The lowest BCUT2D eigenvalue weighted by Gasteiger charge is -2.26. The third kappa shape index (κ3) is 2.60. The van der Waals surface area contributed by atoms with E-state index in [1.165, 1.54) is 0 Å². The van der Waals surface area contributed by atoms with Crippen molar-refractivity contribution in [3.05, 3.63) is 43.0 Å². The van der Waals surface area contributed by atoms with Crippen LogP contribution < -0.4 is 4.90 Å². The normalized spacial score (nSPS) is 12.2. The molecule has 70 valence electrons. The molecule has 0 aliphatic carbocycles. The largest absolute Gasteiger partial charge is 0.374 e. The first-order chi connectivity index (χ1) is 6.25. The molecule has 0 saturated carbocycles. The number of aliphatic hydroxyl groups excluding tert-OH is 1. The van der Waals surface area contributed by atoms with Crippen LogP contribution in [0.5, 0.6) is 0 Å². The van der Waals surface area contributed by atoms with Crippen LogP contribution in [0.4, 0.5) is 5.69 Å². The van der Waals surface area contributed by atoms with E-state index in [9.17, 15) is 5.11 Å². The Bertz CT molecular complexity index is 256. The minimum absolute atomic E-state index is 0.486. The second kappa shape index (κ2) is 4.67. The molecule has 0 aromatic heterocycles. The van der Waals surface area contributed by atoms with E-state index in [0.29, 0.717) is 6.54 Å². The molecule has 13 heavy (non-hydrogen) atoms. The molecule has 1 aromatic rings. The number of rotatable bonds is 4. The minimum atomic E-state index is -0.486. The van der Waals surface area contributed by atoms with Gasteiger partial charge in [0.1, 0.15) is 6.23 Å². The summed E-state index contributed by atoms with van der Waals surface area (Å²) in [6, 6.07) is 9.80. The number of hydrogen-bond acceptors (Lipinski definition) is 2. The SMILES string of the molecule is C=CCN(c1ccccc1)C(C)O. The highest BCUT2D eigenvalue weighted by Crippen LogP contribution is 2.14. The van der Waals surface area contributed by atoms with E-state index in [4.69, 9.17) is 0 Å². The van der Waals surface area contributed by atoms with Crippen molar-refractivity contribution in [3.8, 4) is 0 Å². The Morgan fingerprint density at radius 3 is 2.54 bits per heavy atom. The molecule has 0 saturated heterocycles. The predicted molar refractivity (Wildman–Crippen MR) is 55.7 cm³/mol. The van der Waals surface area contributed by atoms with E-state index in [1.807, 2.05) is 35.2 Å². The number of aliphatic hydroxyl groups is 1. The number of anilines is 1. The predicted octanol–water partition coefficient (Wildman–Crippen LogP) is 2.02. The Labute approximate surface area is 79.1 Å². The van der Waals surface area contributed by atoms with Gasteiger partial charge in [0.05, 0.1) is 0 Å². The fraction of sp³-hybridized carbons (Fsp3) is 0.273. The van der Waals surface area contributed by atoms with E-state index in [2.05, 4.69) is 6.58 Å². The second-order valence-corrected chi connectivity index (χ2v) is 2.91. The summed E-state index contributed by atoms with van der Waals surface area (Å²) in [5, 5.41) is 9.47. The molecule has 0 bridgehead atoms. The fourth-order valence-electron chi connectivity index (χ4n) is 1.23. The topological polar surface area (TPSA) is 23.5 Å².